The number of rotatable bonds is 3. The molecule has 1 aromatic heterocycles. The van der Waals surface area contributed by atoms with Crippen LogP contribution in [0.2, 0.25) is 5.02 Å². The predicted octanol–water partition coefficient (Wildman–Crippen LogP) is 2.17. The van der Waals surface area contributed by atoms with E-state index >= 15 is 0 Å². The molecule has 0 N–H and O–H groups in total. The zero-order valence-corrected chi connectivity index (χ0v) is 13.3. The molecule has 5 nitrogen and oxygen atoms in total. The summed E-state index contributed by atoms with van der Waals surface area (Å²) in [5.41, 5.74) is 0.721. The maximum absolute atomic E-state index is 12.5. The van der Waals surface area contributed by atoms with Crippen molar-refractivity contribution in [3.05, 3.63) is 63.5 Å². The Morgan fingerprint density at radius 1 is 1.36 bits per heavy atom. The van der Waals surface area contributed by atoms with Crippen LogP contribution in [0.15, 0.2) is 47.4 Å². The highest BCUT2D eigenvalue weighted by molar-refractivity contribution is 7.99. The number of carbonyl (C=O) groups excluding carboxylic acids is 1. The van der Waals surface area contributed by atoms with Crippen LogP contribution in [-0.4, -0.2) is 32.9 Å². The summed E-state index contributed by atoms with van der Waals surface area (Å²) in [6, 6.07) is 10.5. The van der Waals surface area contributed by atoms with Gasteiger partial charge in [-0.1, -0.05) is 23.7 Å². The Hall–Kier alpha value is -1.79. The van der Waals surface area contributed by atoms with E-state index in [2.05, 4.69) is 5.10 Å². The number of aromatic nitrogens is 2. The summed E-state index contributed by atoms with van der Waals surface area (Å²) in [5.74, 6) is 0.746. The van der Waals surface area contributed by atoms with E-state index in [0.29, 0.717) is 11.6 Å². The van der Waals surface area contributed by atoms with Gasteiger partial charge in [-0.3, -0.25) is 9.59 Å². The maximum atomic E-state index is 12.5. The highest BCUT2D eigenvalue weighted by atomic mass is 35.5. The SMILES string of the molecule is O=C(Cn1ncccc1=O)N1CCSC1c1cccc(Cl)c1. The van der Waals surface area contributed by atoms with Gasteiger partial charge >= 0.3 is 0 Å². The van der Waals surface area contributed by atoms with Crippen LogP contribution in [0.4, 0.5) is 0 Å². The molecule has 3 rings (SSSR count). The summed E-state index contributed by atoms with van der Waals surface area (Å²) in [6.45, 7) is 0.611. The zero-order chi connectivity index (χ0) is 15.5. The number of hydrogen-bond donors (Lipinski definition) is 0. The summed E-state index contributed by atoms with van der Waals surface area (Å²) in [5, 5.41) is 4.52. The first-order valence-electron chi connectivity index (χ1n) is 6.84. The van der Waals surface area contributed by atoms with Crippen LogP contribution in [0.3, 0.4) is 0 Å². The average molecular weight is 336 g/mol. The van der Waals surface area contributed by atoms with Gasteiger partial charge in [-0.05, 0) is 23.8 Å². The van der Waals surface area contributed by atoms with Gasteiger partial charge in [0, 0.05) is 29.6 Å². The van der Waals surface area contributed by atoms with Crippen molar-refractivity contribution in [3.8, 4) is 0 Å². The van der Waals surface area contributed by atoms with Gasteiger partial charge in [0.2, 0.25) is 5.91 Å². The molecule has 1 unspecified atom stereocenters. The third kappa shape index (κ3) is 3.18. The fourth-order valence-electron chi connectivity index (χ4n) is 2.39. The van der Waals surface area contributed by atoms with Crippen molar-refractivity contribution in [3.63, 3.8) is 0 Å². The van der Waals surface area contributed by atoms with Gasteiger partial charge in [0.25, 0.3) is 5.56 Å². The fraction of sp³-hybridized carbons (Fsp3) is 0.267. The average Bonchev–Trinajstić information content (AvgIpc) is 2.99. The quantitative estimate of drug-likeness (QED) is 0.862. The van der Waals surface area contributed by atoms with Crippen molar-refractivity contribution in [2.45, 2.75) is 11.9 Å². The van der Waals surface area contributed by atoms with E-state index in [-0.39, 0.29) is 23.4 Å². The molecule has 0 radical (unpaired) electrons. The summed E-state index contributed by atoms with van der Waals surface area (Å²) in [6.07, 6.45) is 1.50. The molecule has 22 heavy (non-hydrogen) atoms. The van der Waals surface area contributed by atoms with E-state index in [4.69, 9.17) is 11.6 Å². The minimum absolute atomic E-state index is 0.0443. The van der Waals surface area contributed by atoms with E-state index in [0.717, 1.165) is 11.3 Å². The van der Waals surface area contributed by atoms with Crippen molar-refractivity contribution in [1.82, 2.24) is 14.7 Å². The van der Waals surface area contributed by atoms with Crippen LogP contribution in [0.25, 0.3) is 0 Å². The van der Waals surface area contributed by atoms with E-state index < -0.39 is 0 Å². The molecule has 0 aliphatic carbocycles. The lowest BCUT2D eigenvalue weighted by Crippen LogP contribution is -2.36. The second kappa shape index (κ2) is 6.54. The molecule has 0 spiro atoms. The summed E-state index contributed by atoms with van der Waals surface area (Å²) < 4.78 is 1.18. The highest BCUT2D eigenvalue weighted by Crippen LogP contribution is 2.38. The van der Waals surface area contributed by atoms with Crippen LogP contribution in [-0.2, 0) is 11.3 Å². The molecular formula is C15H14ClN3O2S. The van der Waals surface area contributed by atoms with Gasteiger partial charge in [0.05, 0.1) is 0 Å². The second-order valence-corrected chi connectivity index (χ2v) is 6.51. The summed E-state index contributed by atoms with van der Waals surface area (Å²) in [7, 11) is 0. The lowest BCUT2D eigenvalue weighted by Gasteiger charge is -2.24. The van der Waals surface area contributed by atoms with Crippen LogP contribution < -0.4 is 5.56 Å². The molecule has 1 atom stereocenters. The van der Waals surface area contributed by atoms with Gasteiger partial charge in [0.1, 0.15) is 11.9 Å². The van der Waals surface area contributed by atoms with Crippen molar-refractivity contribution in [2.75, 3.05) is 12.3 Å². The first-order valence-corrected chi connectivity index (χ1v) is 8.26. The fourth-order valence-corrected chi connectivity index (χ4v) is 3.85. The topological polar surface area (TPSA) is 55.2 Å². The van der Waals surface area contributed by atoms with Crippen LogP contribution >= 0.6 is 23.4 Å². The third-order valence-corrected chi connectivity index (χ3v) is 4.91. The molecule has 1 aliphatic rings. The molecule has 1 aliphatic heterocycles. The molecule has 0 saturated carbocycles. The van der Waals surface area contributed by atoms with Crippen molar-refractivity contribution >= 4 is 29.3 Å². The Balaban J connectivity index is 1.80. The second-order valence-electron chi connectivity index (χ2n) is 4.88. The van der Waals surface area contributed by atoms with E-state index in [1.165, 1.54) is 16.9 Å². The van der Waals surface area contributed by atoms with Gasteiger partial charge in [0.15, 0.2) is 0 Å². The molecule has 1 aromatic carbocycles. The molecule has 114 valence electrons. The number of halogens is 1. The molecule has 2 aromatic rings. The molecule has 1 amide bonds. The normalized spacial score (nSPS) is 17.7. The number of thioether (sulfide) groups is 1. The number of nitrogens with zero attached hydrogens (tertiary/aromatic N) is 3. The van der Waals surface area contributed by atoms with Gasteiger partial charge in [-0.2, -0.15) is 5.10 Å². The minimum atomic E-state index is -0.276. The van der Waals surface area contributed by atoms with Crippen molar-refractivity contribution in [1.29, 1.82) is 0 Å². The predicted molar refractivity (Wildman–Crippen MR) is 86.9 cm³/mol. The van der Waals surface area contributed by atoms with Gasteiger partial charge < -0.3 is 4.90 Å². The number of amides is 1. The first-order chi connectivity index (χ1) is 10.6. The maximum Gasteiger partial charge on any atom is 0.267 e. The lowest BCUT2D eigenvalue weighted by atomic mass is 10.2. The zero-order valence-electron chi connectivity index (χ0n) is 11.7. The highest BCUT2D eigenvalue weighted by Gasteiger charge is 2.30. The molecular weight excluding hydrogens is 322 g/mol. The minimum Gasteiger partial charge on any atom is -0.324 e. The smallest absolute Gasteiger partial charge is 0.267 e. The third-order valence-electron chi connectivity index (χ3n) is 3.42. The Bertz CT molecular complexity index is 749. The van der Waals surface area contributed by atoms with Crippen molar-refractivity contribution < 1.29 is 4.79 Å². The van der Waals surface area contributed by atoms with E-state index in [1.54, 1.807) is 22.7 Å². The van der Waals surface area contributed by atoms with E-state index in [9.17, 15) is 9.59 Å². The Labute approximate surface area is 136 Å². The molecule has 1 saturated heterocycles. The Kier molecular flexibility index (Phi) is 4.49. The largest absolute Gasteiger partial charge is 0.324 e. The van der Waals surface area contributed by atoms with Crippen LogP contribution in [0.1, 0.15) is 10.9 Å². The van der Waals surface area contributed by atoms with Crippen LogP contribution in [0.5, 0.6) is 0 Å². The monoisotopic (exact) mass is 335 g/mol. The molecule has 1 fully saturated rings. The Morgan fingerprint density at radius 3 is 3.00 bits per heavy atom. The summed E-state index contributed by atoms with van der Waals surface area (Å²) >= 11 is 7.73. The van der Waals surface area contributed by atoms with Gasteiger partial charge in [-0.25, -0.2) is 4.68 Å². The molecule has 0 bridgehead atoms. The first kappa shape index (κ1) is 15.1. The van der Waals surface area contributed by atoms with E-state index in [1.807, 2.05) is 24.3 Å². The lowest BCUT2D eigenvalue weighted by molar-refractivity contribution is -0.132. The number of hydrogen-bond acceptors (Lipinski definition) is 4. The Morgan fingerprint density at radius 2 is 2.23 bits per heavy atom. The summed E-state index contributed by atoms with van der Waals surface area (Å²) in [4.78, 5) is 26.0. The molecule has 2 heterocycles. The van der Waals surface area contributed by atoms with Gasteiger partial charge in [-0.15, -0.1) is 11.8 Å². The van der Waals surface area contributed by atoms with Crippen molar-refractivity contribution in [2.24, 2.45) is 0 Å². The number of carbonyl (C=O) groups is 1. The standard InChI is InChI=1S/C15H14ClN3O2S/c16-12-4-1-3-11(9-12)15-18(7-8-22-15)14(21)10-19-13(20)5-2-6-17-19/h1-6,9,15H,7-8,10H2. The van der Waals surface area contributed by atoms with Crippen LogP contribution in [0, 0.1) is 0 Å². The molecule has 7 heteroatoms. The number of benzene rings is 1.